The Balaban J connectivity index is 1.69. The normalized spacial score (nSPS) is 10.2. The predicted octanol–water partition coefficient (Wildman–Crippen LogP) is 3.59. The SMILES string of the molecule is CCOc1cccc(OCCNC(=O)Cc2ccc(Br)cc2)c1. The minimum atomic E-state index is -0.0148. The Hall–Kier alpha value is -2.01. The number of halogens is 1. The molecule has 0 fully saturated rings. The van der Waals surface area contributed by atoms with Gasteiger partial charge in [0.1, 0.15) is 18.1 Å². The molecule has 0 aliphatic carbocycles. The fourth-order valence-electron chi connectivity index (χ4n) is 2.03. The van der Waals surface area contributed by atoms with Gasteiger partial charge in [-0.05, 0) is 36.8 Å². The van der Waals surface area contributed by atoms with E-state index in [1.165, 1.54) is 0 Å². The molecule has 0 aromatic heterocycles. The largest absolute Gasteiger partial charge is 0.494 e. The van der Waals surface area contributed by atoms with Crippen LogP contribution in [0.5, 0.6) is 11.5 Å². The summed E-state index contributed by atoms with van der Waals surface area (Å²) in [6.07, 6.45) is 0.368. The Bertz CT molecular complexity index is 628. The third kappa shape index (κ3) is 6.32. The van der Waals surface area contributed by atoms with Gasteiger partial charge in [0.05, 0.1) is 19.6 Å². The molecule has 4 nitrogen and oxygen atoms in total. The van der Waals surface area contributed by atoms with Crippen LogP contribution in [0, 0.1) is 0 Å². The Kier molecular flexibility index (Phi) is 6.94. The average Bonchev–Trinajstić information content (AvgIpc) is 2.55. The molecule has 1 amide bonds. The number of rotatable bonds is 8. The summed E-state index contributed by atoms with van der Waals surface area (Å²) in [5, 5.41) is 2.85. The third-order valence-corrected chi connectivity index (χ3v) is 3.62. The summed E-state index contributed by atoms with van der Waals surface area (Å²) in [7, 11) is 0. The van der Waals surface area contributed by atoms with Gasteiger partial charge in [0.15, 0.2) is 0 Å². The first-order valence-corrected chi connectivity index (χ1v) is 8.33. The summed E-state index contributed by atoms with van der Waals surface area (Å²) < 4.78 is 12.0. The summed E-state index contributed by atoms with van der Waals surface area (Å²) >= 11 is 3.37. The van der Waals surface area contributed by atoms with Crippen molar-refractivity contribution in [2.24, 2.45) is 0 Å². The molecule has 1 N–H and O–H groups in total. The van der Waals surface area contributed by atoms with Crippen molar-refractivity contribution in [2.45, 2.75) is 13.3 Å². The fourth-order valence-corrected chi connectivity index (χ4v) is 2.29. The number of carbonyl (C=O) groups excluding carboxylic acids is 1. The molecule has 2 rings (SSSR count). The molecule has 122 valence electrons. The van der Waals surface area contributed by atoms with E-state index in [0.717, 1.165) is 21.5 Å². The van der Waals surface area contributed by atoms with Crippen LogP contribution in [0.25, 0.3) is 0 Å². The highest BCUT2D eigenvalue weighted by atomic mass is 79.9. The van der Waals surface area contributed by atoms with Crippen LogP contribution < -0.4 is 14.8 Å². The van der Waals surface area contributed by atoms with E-state index in [1.54, 1.807) is 0 Å². The van der Waals surface area contributed by atoms with Crippen molar-refractivity contribution < 1.29 is 14.3 Å². The second-order valence-corrected chi connectivity index (χ2v) is 5.83. The molecule has 0 aliphatic rings. The molecule has 0 saturated carbocycles. The second-order valence-electron chi connectivity index (χ2n) is 4.91. The maximum absolute atomic E-state index is 11.8. The van der Waals surface area contributed by atoms with E-state index in [2.05, 4.69) is 21.2 Å². The first-order chi connectivity index (χ1) is 11.2. The van der Waals surface area contributed by atoms with E-state index in [-0.39, 0.29) is 5.91 Å². The zero-order valence-electron chi connectivity index (χ0n) is 13.0. The van der Waals surface area contributed by atoms with Crippen molar-refractivity contribution in [1.82, 2.24) is 5.32 Å². The van der Waals surface area contributed by atoms with Crippen molar-refractivity contribution in [3.05, 3.63) is 58.6 Å². The Morgan fingerprint density at radius 3 is 2.48 bits per heavy atom. The van der Waals surface area contributed by atoms with E-state index in [0.29, 0.717) is 26.2 Å². The summed E-state index contributed by atoms with van der Waals surface area (Å²) in [6, 6.07) is 15.2. The lowest BCUT2D eigenvalue weighted by molar-refractivity contribution is -0.120. The summed E-state index contributed by atoms with van der Waals surface area (Å²) in [5.74, 6) is 1.50. The molecule has 0 atom stereocenters. The van der Waals surface area contributed by atoms with E-state index in [4.69, 9.17) is 9.47 Å². The highest BCUT2D eigenvalue weighted by molar-refractivity contribution is 9.10. The smallest absolute Gasteiger partial charge is 0.224 e. The van der Waals surface area contributed by atoms with Gasteiger partial charge in [0.2, 0.25) is 5.91 Å². The number of ether oxygens (including phenoxy) is 2. The molecule has 0 heterocycles. The average molecular weight is 378 g/mol. The van der Waals surface area contributed by atoms with E-state index in [9.17, 15) is 4.79 Å². The van der Waals surface area contributed by atoms with Crippen LogP contribution in [-0.4, -0.2) is 25.7 Å². The predicted molar refractivity (Wildman–Crippen MR) is 94.0 cm³/mol. The van der Waals surface area contributed by atoms with Gasteiger partial charge in [-0.25, -0.2) is 0 Å². The van der Waals surface area contributed by atoms with Crippen LogP contribution >= 0.6 is 15.9 Å². The zero-order chi connectivity index (χ0) is 16.5. The van der Waals surface area contributed by atoms with E-state index >= 15 is 0 Å². The summed E-state index contributed by atoms with van der Waals surface area (Å²) in [6.45, 7) is 3.44. The Morgan fingerprint density at radius 2 is 1.78 bits per heavy atom. The van der Waals surface area contributed by atoms with Gasteiger partial charge in [-0.15, -0.1) is 0 Å². The molecule has 0 saturated heterocycles. The van der Waals surface area contributed by atoms with Crippen LogP contribution in [-0.2, 0) is 11.2 Å². The molecule has 0 bridgehead atoms. The number of nitrogens with one attached hydrogen (secondary N) is 1. The standard InChI is InChI=1S/C18H20BrNO3/c1-2-22-16-4-3-5-17(13-16)23-11-10-20-18(21)12-14-6-8-15(19)9-7-14/h3-9,13H,2,10-12H2,1H3,(H,20,21). The van der Waals surface area contributed by atoms with Crippen molar-refractivity contribution in [2.75, 3.05) is 19.8 Å². The van der Waals surface area contributed by atoms with Crippen molar-refractivity contribution in [3.8, 4) is 11.5 Å². The molecule has 0 radical (unpaired) electrons. The van der Waals surface area contributed by atoms with Gasteiger partial charge in [-0.2, -0.15) is 0 Å². The van der Waals surface area contributed by atoms with Gasteiger partial charge >= 0.3 is 0 Å². The minimum Gasteiger partial charge on any atom is -0.494 e. The number of carbonyl (C=O) groups is 1. The maximum Gasteiger partial charge on any atom is 0.224 e. The Morgan fingerprint density at radius 1 is 1.09 bits per heavy atom. The third-order valence-electron chi connectivity index (χ3n) is 3.09. The fraction of sp³-hybridized carbons (Fsp3) is 0.278. The van der Waals surface area contributed by atoms with Crippen LogP contribution in [0.4, 0.5) is 0 Å². The lowest BCUT2D eigenvalue weighted by Crippen LogP contribution is -2.29. The van der Waals surface area contributed by atoms with Gasteiger partial charge in [-0.3, -0.25) is 4.79 Å². The summed E-state index contributed by atoms with van der Waals surface area (Å²) in [4.78, 5) is 11.8. The van der Waals surface area contributed by atoms with Crippen molar-refractivity contribution in [1.29, 1.82) is 0 Å². The van der Waals surface area contributed by atoms with Crippen molar-refractivity contribution >= 4 is 21.8 Å². The number of benzene rings is 2. The first-order valence-electron chi connectivity index (χ1n) is 7.54. The molecule has 23 heavy (non-hydrogen) atoms. The molecule has 0 unspecified atom stereocenters. The maximum atomic E-state index is 11.8. The van der Waals surface area contributed by atoms with Gasteiger partial charge < -0.3 is 14.8 Å². The second kappa shape index (κ2) is 9.20. The lowest BCUT2D eigenvalue weighted by atomic mass is 10.1. The molecule has 2 aromatic carbocycles. The molecule has 5 heteroatoms. The number of hydrogen-bond acceptors (Lipinski definition) is 3. The number of amides is 1. The quantitative estimate of drug-likeness (QED) is 0.715. The van der Waals surface area contributed by atoms with Gasteiger partial charge in [-0.1, -0.05) is 34.1 Å². The van der Waals surface area contributed by atoms with Gasteiger partial charge in [0.25, 0.3) is 0 Å². The highest BCUT2D eigenvalue weighted by Gasteiger charge is 2.03. The molecule has 2 aromatic rings. The highest BCUT2D eigenvalue weighted by Crippen LogP contribution is 2.19. The van der Waals surface area contributed by atoms with Crippen LogP contribution in [0.3, 0.4) is 0 Å². The molecular weight excluding hydrogens is 358 g/mol. The van der Waals surface area contributed by atoms with E-state index in [1.807, 2.05) is 55.5 Å². The van der Waals surface area contributed by atoms with Crippen LogP contribution in [0.1, 0.15) is 12.5 Å². The molecule has 0 spiro atoms. The van der Waals surface area contributed by atoms with Crippen LogP contribution in [0.2, 0.25) is 0 Å². The van der Waals surface area contributed by atoms with Crippen LogP contribution in [0.15, 0.2) is 53.0 Å². The number of hydrogen-bond donors (Lipinski definition) is 1. The topological polar surface area (TPSA) is 47.6 Å². The zero-order valence-corrected chi connectivity index (χ0v) is 14.6. The monoisotopic (exact) mass is 377 g/mol. The first kappa shape index (κ1) is 17.3. The molecular formula is C18H20BrNO3. The lowest BCUT2D eigenvalue weighted by Gasteiger charge is -2.09. The van der Waals surface area contributed by atoms with Crippen molar-refractivity contribution in [3.63, 3.8) is 0 Å². The summed E-state index contributed by atoms with van der Waals surface area (Å²) in [5.41, 5.74) is 0.982. The van der Waals surface area contributed by atoms with E-state index < -0.39 is 0 Å². The van der Waals surface area contributed by atoms with Gasteiger partial charge in [0, 0.05) is 10.5 Å². The molecule has 0 aliphatic heterocycles. The Labute approximate surface area is 144 Å². The minimum absolute atomic E-state index is 0.0148.